The summed E-state index contributed by atoms with van der Waals surface area (Å²) in [4.78, 5) is 0. The molecule has 0 radical (unpaired) electrons. The van der Waals surface area contributed by atoms with Gasteiger partial charge in [-0.1, -0.05) is 11.8 Å². The number of hydrogen-bond donors (Lipinski definition) is 0. The number of rotatable bonds is 3. The summed E-state index contributed by atoms with van der Waals surface area (Å²) in [6.45, 7) is 0.855. The van der Waals surface area contributed by atoms with Gasteiger partial charge in [-0.25, -0.2) is 0 Å². The van der Waals surface area contributed by atoms with E-state index in [-0.39, 0.29) is 5.75 Å². The van der Waals surface area contributed by atoms with Gasteiger partial charge in [-0.15, -0.1) is 0 Å². The second kappa shape index (κ2) is 5.84. The van der Waals surface area contributed by atoms with Crippen LogP contribution >= 0.6 is 0 Å². The van der Waals surface area contributed by atoms with Crippen LogP contribution in [0.4, 0.5) is 0 Å². The lowest BCUT2D eigenvalue weighted by Crippen LogP contribution is -2.40. The van der Waals surface area contributed by atoms with Crippen molar-refractivity contribution in [1.29, 1.82) is 0 Å². The van der Waals surface area contributed by atoms with Gasteiger partial charge in [0.25, 0.3) is 0 Å². The predicted molar refractivity (Wildman–Crippen MR) is 92.4 cm³/mol. The SMILES string of the molecule is COc1cc2c(cc1[O-])-c1cc3cc(OC)c(OC)cc3c[n+]1CC2. The molecular formula is C20H19NO4. The third-order valence-electron chi connectivity index (χ3n) is 4.77. The van der Waals surface area contributed by atoms with Crippen LogP contribution in [-0.2, 0) is 13.0 Å². The first-order chi connectivity index (χ1) is 12.1. The van der Waals surface area contributed by atoms with Crippen LogP contribution in [0.3, 0.4) is 0 Å². The Morgan fingerprint density at radius 2 is 1.52 bits per heavy atom. The summed E-state index contributed by atoms with van der Waals surface area (Å²) < 4.78 is 18.2. The molecule has 0 spiro atoms. The standard InChI is InChI=1S/C20H19NO4/c1-23-18-7-12-4-5-21-11-14-9-20(25-3)19(24-2)8-13(14)6-16(21)15(12)10-17(18)22/h6-11H,4-5H2,1-3H3. The molecule has 5 nitrogen and oxygen atoms in total. The van der Waals surface area contributed by atoms with Gasteiger partial charge in [0, 0.05) is 23.4 Å². The molecule has 0 atom stereocenters. The minimum absolute atomic E-state index is 0.0953. The van der Waals surface area contributed by atoms with E-state index in [0.717, 1.165) is 40.6 Å². The number of aromatic nitrogens is 1. The summed E-state index contributed by atoms with van der Waals surface area (Å²) in [6.07, 6.45) is 2.96. The first-order valence-electron chi connectivity index (χ1n) is 8.12. The molecule has 2 heterocycles. The molecule has 4 rings (SSSR count). The lowest BCUT2D eigenvalue weighted by atomic mass is 9.95. The van der Waals surface area contributed by atoms with Crippen molar-refractivity contribution in [2.75, 3.05) is 21.3 Å². The van der Waals surface area contributed by atoms with Crippen molar-refractivity contribution in [1.82, 2.24) is 0 Å². The maximum atomic E-state index is 12.2. The van der Waals surface area contributed by atoms with Crippen LogP contribution in [0.2, 0.25) is 0 Å². The van der Waals surface area contributed by atoms with Crippen LogP contribution in [0.5, 0.6) is 23.0 Å². The molecular weight excluding hydrogens is 318 g/mol. The van der Waals surface area contributed by atoms with Crippen molar-refractivity contribution in [3.63, 3.8) is 0 Å². The van der Waals surface area contributed by atoms with Gasteiger partial charge in [0.2, 0.25) is 5.69 Å². The lowest BCUT2D eigenvalue weighted by molar-refractivity contribution is -0.686. The molecule has 0 fully saturated rings. The Morgan fingerprint density at radius 1 is 0.840 bits per heavy atom. The minimum Gasteiger partial charge on any atom is -0.870 e. The van der Waals surface area contributed by atoms with E-state index in [9.17, 15) is 5.11 Å². The third kappa shape index (κ3) is 2.43. The average molecular weight is 337 g/mol. The Labute approximate surface area is 146 Å². The number of ether oxygens (including phenoxy) is 3. The fourth-order valence-corrected chi connectivity index (χ4v) is 3.48. The number of nitrogens with zero attached hydrogens (tertiary/aromatic N) is 1. The normalized spacial score (nSPS) is 12.4. The average Bonchev–Trinajstić information content (AvgIpc) is 2.64. The summed E-state index contributed by atoms with van der Waals surface area (Å²) in [7, 11) is 4.79. The maximum Gasteiger partial charge on any atom is 0.213 e. The van der Waals surface area contributed by atoms with Crippen LogP contribution < -0.4 is 23.9 Å². The maximum absolute atomic E-state index is 12.2. The number of hydrogen-bond acceptors (Lipinski definition) is 4. The number of benzene rings is 2. The van der Waals surface area contributed by atoms with Gasteiger partial charge in [-0.05, 0) is 29.1 Å². The highest BCUT2D eigenvalue weighted by Crippen LogP contribution is 2.37. The molecule has 0 unspecified atom stereocenters. The summed E-state index contributed by atoms with van der Waals surface area (Å²) in [5.41, 5.74) is 3.13. The van der Waals surface area contributed by atoms with E-state index in [4.69, 9.17) is 14.2 Å². The van der Waals surface area contributed by atoms with E-state index >= 15 is 0 Å². The molecule has 0 amide bonds. The van der Waals surface area contributed by atoms with Crippen molar-refractivity contribution in [3.05, 3.63) is 42.1 Å². The van der Waals surface area contributed by atoms with Gasteiger partial charge in [0.1, 0.15) is 5.75 Å². The van der Waals surface area contributed by atoms with E-state index in [2.05, 4.69) is 16.8 Å². The summed E-state index contributed by atoms with van der Waals surface area (Å²) in [5, 5.41) is 14.3. The van der Waals surface area contributed by atoms with Gasteiger partial charge in [-0.3, -0.25) is 0 Å². The summed E-state index contributed by atoms with van der Waals surface area (Å²) >= 11 is 0. The molecule has 0 N–H and O–H groups in total. The van der Waals surface area contributed by atoms with Crippen molar-refractivity contribution in [2.45, 2.75) is 13.0 Å². The fourth-order valence-electron chi connectivity index (χ4n) is 3.48. The highest BCUT2D eigenvalue weighted by atomic mass is 16.5. The smallest absolute Gasteiger partial charge is 0.213 e. The second-order valence-electron chi connectivity index (χ2n) is 6.10. The monoisotopic (exact) mass is 337 g/mol. The van der Waals surface area contributed by atoms with Crippen molar-refractivity contribution in [3.8, 4) is 34.3 Å². The van der Waals surface area contributed by atoms with E-state index in [0.29, 0.717) is 17.2 Å². The highest BCUT2D eigenvalue weighted by Gasteiger charge is 2.24. The lowest BCUT2D eigenvalue weighted by Gasteiger charge is -2.20. The Hall–Kier alpha value is -2.95. The first-order valence-corrected chi connectivity index (χ1v) is 8.12. The molecule has 0 saturated heterocycles. The quantitative estimate of drug-likeness (QED) is 0.689. The van der Waals surface area contributed by atoms with E-state index in [1.165, 1.54) is 7.11 Å². The van der Waals surface area contributed by atoms with Gasteiger partial charge in [0.05, 0.1) is 21.3 Å². The number of pyridine rings is 1. The van der Waals surface area contributed by atoms with E-state index in [1.807, 2.05) is 18.2 Å². The van der Waals surface area contributed by atoms with Crippen molar-refractivity contribution < 1.29 is 23.9 Å². The largest absolute Gasteiger partial charge is 0.870 e. The van der Waals surface area contributed by atoms with Crippen LogP contribution in [-0.4, -0.2) is 21.3 Å². The topological polar surface area (TPSA) is 54.6 Å². The van der Waals surface area contributed by atoms with Gasteiger partial charge >= 0.3 is 0 Å². The zero-order valence-electron chi connectivity index (χ0n) is 14.5. The molecule has 5 heteroatoms. The Kier molecular flexibility index (Phi) is 3.64. The molecule has 25 heavy (non-hydrogen) atoms. The highest BCUT2D eigenvalue weighted by molar-refractivity contribution is 5.87. The van der Waals surface area contributed by atoms with Gasteiger partial charge in [-0.2, -0.15) is 4.57 Å². The fraction of sp³-hybridized carbons (Fsp3) is 0.250. The summed E-state index contributed by atoms with van der Waals surface area (Å²) in [5.74, 6) is 1.70. The predicted octanol–water partition coefficient (Wildman–Crippen LogP) is 2.45. The number of fused-ring (bicyclic) bond motifs is 4. The molecule has 1 aliphatic rings. The van der Waals surface area contributed by atoms with Crippen LogP contribution in [0.1, 0.15) is 5.56 Å². The third-order valence-corrected chi connectivity index (χ3v) is 4.77. The molecule has 1 aromatic heterocycles. The molecule has 0 bridgehead atoms. The Balaban J connectivity index is 1.94. The number of methoxy groups -OCH3 is 3. The number of aryl methyl sites for hydroxylation is 2. The molecule has 128 valence electrons. The molecule has 1 aliphatic heterocycles. The molecule has 3 aromatic rings. The van der Waals surface area contributed by atoms with Crippen molar-refractivity contribution in [2.24, 2.45) is 0 Å². The molecule has 0 saturated carbocycles. The zero-order valence-corrected chi connectivity index (χ0v) is 14.5. The molecule has 0 aliphatic carbocycles. The van der Waals surface area contributed by atoms with Crippen LogP contribution in [0.25, 0.3) is 22.0 Å². The zero-order chi connectivity index (χ0) is 17.6. The van der Waals surface area contributed by atoms with Crippen LogP contribution in [0.15, 0.2) is 36.5 Å². The van der Waals surface area contributed by atoms with E-state index < -0.39 is 0 Å². The Bertz CT molecular complexity index is 981. The van der Waals surface area contributed by atoms with Gasteiger partial charge in [0.15, 0.2) is 24.2 Å². The minimum atomic E-state index is -0.0953. The first kappa shape index (κ1) is 15.6. The van der Waals surface area contributed by atoms with Crippen LogP contribution in [0, 0.1) is 0 Å². The Morgan fingerprint density at radius 3 is 2.20 bits per heavy atom. The second-order valence-corrected chi connectivity index (χ2v) is 6.10. The van der Waals surface area contributed by atoms with E-state index in [1.54, 1.807) is 20.3 Å². The molecule has 2 aromatic carbocycles. The summed E-state index contributed by atoms with van der Waals surface area (Å²) in [6, 6.07) is 9.57. The van der Waals surface area contributed by atoms with Gasteiger partial charge < -0.3 is 19.3 Å². The van der Waals surface area contributed by atoms with Crippen molar-refractivity contribution >= 4 is 10.8 Å².